The minimum Gasteiger partial charge on any atom is -0.491 e. The van der Waals surface area contributed by atoms with Gasteiger partial charge >= 0.3 is 0 Å². The van der Waals surface area contributed by atoms with Crippen LogP contribution in [0.1, 0.15) is 27.2 Å². The van der Waals surface area contributed by atoms with Gasteiger partial charge in [0, 0.05) is 30.9 Å². The molecule has 1 heterocycles. The summed E-state index contributed by atoms with van der Waals surface area (Å²) in [6, 6.07) is 17.1. The fraction of sp³-hybridized carbons (Fsp3) is 0.364. The Kier molecular flexibility index (Phi) is 5.79. The fourth-order valence-corrected chi connectivity index (χ4v) is 3.39. The highest BCUT2D eigenvalue weighted by molar-refractivity contribution is 6.04. The molecule has 0 N–H and O–H groups in total. The van der Waals surface area contributed by atoms with Crippen molar-refractivity contribution in [3.63, 3.8) is 0 Å². The zero-order valence-corrected chi connectivity index (χ0v) is 16.1. The molecule has 0 radical (unpaired) electrons. The van der Waals surface area contributed by atoms with Crippen LogP contribution in [0, 0.1) is 5.92 Å². The Morgan fingerprint density at radius 3 is 2.41 bits per heavy atom. The lowest BCUT2D eigenvalue weighted by Gasteiger charge is -2.24. The van der Waals surface area contributed by atoms with Crippen molar-refractivity contribution in [2.75, 3.05) is 22.9 Å². The van der Waals surface area contributed by atoms with E-state index < -0.39 is 0 Å². The first-order valence-electron chi connectivity index (χ1n) is 9.43. The lowest BCUT2D eigenvalue weighted by atomic mass is 10.1. The van der Waals surface area contributed by atoms with Crippen molar-refractivity contribution in [2.24, 2.45) is 5.92 Å². The number of ether oxygens (including phenoxy) is 1. The van der Waals surface area contributed by atoms with Crippen LogP contribution in [0.2, 0.25) is 0 Å². The average molecular weight is 366 g/mol. The predicted molar refractivity (Wildman–Crippen MR) is 107 cm³/mol. The standard InChI is InChI=1S/C22H26N2O3/c1-4-23(18-8-6-5-7-9-18)22(26)17-14-21(25)24(15-17)19-10-12-20(13-11-19)27-16(2)3/h5-13,16-17H,4,14-15H2,1-3H3. The first kappa shape index (κ1) is 19.0. The molecular formula is C22H26N2O3. The summed E-state index contributed by atoms with van der Waals surface area (Å²) in [5.41, 5.74) is 1.67. The molecule has 3 rings (SSSR count). The zero-order valence-electron chi connectivity index (χ0n) is 16.1. The van der Waals surface area contributed by atoms with E-state index in [4.69, 9.17) is 4.74 Å². The molecule has 0 aromatic heterocycles. The Morgan fingerprint density at radius 2 is 1.81 bits per heavy atom. The third kappa shape index (κ3) is 4.30. The highest BCUT2D eigenvalue weighted by Crippen LogP contribution is 2.29. The van der Waals surface area contributed by atoms with Crippen molar-refractivity contribution in [2.45, 2.75) is 33.3 Å². The molecule has 2 aromatic carbocycles. The number of rotatable bonds is 6. The number of hydrogen-bond donors (Lipinski definition) is 0. The van der Waals surface area contributed by atoms with Crippen molar-refractivity contribution in [1.29, 1.82) is 0 Å². The van der Waals surface area contributed by atoms with Gasteiger partial charge in [0.15, 0.2) is 0 Å². The van der Waals surface area contributed by atoms with E-state index in [-0.39, 0.29) is 30.3 Å². The molecule has 27 heavy (non-hydrogen) atoms. The lowest BCUT2D eigenvalue weighted by molar-refractivity contribution is -0.124. The van der Waals surface area contributed by atoms with Gasteiger partial charge < -0.3 is 14.5 Å². The molecule has 1 atom stereocenters. The van der Waals surface area contributed by atoms with E-state index in [0.717, 1.165) is 17.1 Å². The molecule has 1 aliphatic heterocycles. The molecule has 5 nitrogen and oxygen atoms in total. The first-order chi connectivity index (χ1) is 13.0. The van der Waals surface area contributed by atoms with Crippen molar-refractivity contribution in [3.8, 4) is 5.75 Å². The first-order valence-corrected chi connectivity index (χ1v) is 9.43. The van der Waals surface area contributed by atoms with Crippen molar-refractivity contribution in [3.05, 3.63) is 54.6 Å². The number of para-hydroxylation sites is 1. The Labute approximate surface area is 160 Å². The van der Waals surface area contributed by atoms with Gasteiger partial charge in [-0.15, -0.1) is 0 Å². The largest absolute Gasteiger partial charge is 0.491 e. The van der Waals surface area contributed by atoms with Gasteiger partial charge in [-0.2, -0.15) is 0 Å². The summed E-state index contributed by atoms with van der Waals surface area (Å²) in [5, 5.41) is 0. The normalized spacial score (nSPS) is 16.7. The summed E-state index contributed by atoms with van der Waals surface area (Å²) < 4.78 is 5.65. The van der Waals surface area contributed by atoms with Crippen molar-refractivity contribution >= 4 is 23.2 Å². The molecule has 1 fully saturated rings. The SMILES string of the molecule is CCN(C(=O)C1CC(=O)N(c2ccc(OC(C)C)cc2)C1)c1ccccc1. The number of anilines is 2. The second-order valence-electron chi connectivity index (χ2n) is 6.98. The summed E-state index contributed by atoms with van der Waals surface area (Å²) in [6.45, 7) is 6.88. The summed E-state index contributed by atoms with van der Waals surface area (Å²) >= 11 is 0. The molecule has 0 aliphatic carbocycles. The van der Waals surface area contributed by atoms with E-state index in [1.807, 2.05) is 75.4 Å². The summed E-state index contributed by atoms with van der Waals surface area (Å²) in [4.78, 5) is 29.0. The third-order valence-corrected chi connectivity index (χ3v) is 4.64. The molecule has 1 aliphatic rings. The number of hydrogen-bond acceptors (Lipinski definition) is 3. The van der Waals surface area contributed by atoms with Crippen molar-refractivity contribution in [1.82, 2.24) is 0 Å². The van der Waals surface area contributed by atoms with Gasteiger partial charge in [0.25, 0.3) is 0 Å². The van der Waals surface area contributed by atoms with Crippen LogP contribution in [0.4, 0.5) is 11.4 Å². The van der Waals surface area contributed by atoms with E-state index in [1.54, 1.807) is 9.80 Å². The van der Waals surface area contributed by atoms with E-state index >= 15 is 0 Å². The molecule has 1 unspecified atom stereocenters. The topological polar surface area (TPSA) is 49.9 Å². The summed E-state index contributed by atoms with van der Waals surface area (Å²) in [6.07, 6.45) is 0.344. The second-order valence-corrected chi connectivity index (χ2v) is 6.98. The van der Waals surface area contributed by atoms with Crippen molar-refractivity contribution < 1.29 is 14.3 Å². The van der Waals surface area contributed by atoms with Gasteiger partial charge in [0.2, 0.25) is 11.8 Å². The van der Waals surface area contributed by atoms with E-state index in [2.05, 4.69) is 0 Å². The van der Waals surface area contributed by atoms with E-state index in [1.165, 1.54) is 0 Å². The zero-order chi connectivity index (χ0) is 19.4. The number of amides is 2. The lowest BCUT2D eigenvalue weighted by Crippen LogP contribution is -2.37. The summed E-state index contributed by atoms with van der Waals surface area (Å²) in [5.74, 6) is 0.424. The Bertz CT molecular complexity index is 787. The maximum atomic E-state index is 13.0. The second kappa shape index (κ2) is 8.25. The number of carbonyl (C=O) groups is 2. The van der Waals surface area contributed by atoms with Gasteiger partial charge in [0.05, 0.1) is 12.0 Å². The van der Waals surface area contributed by atoms with Crippen LogP contribution in [0.25, 0.3) is 0 Å². The maximum absolute atomic E-state index is 13.0. The molecule has 0 spiro atoms. The van der Waals surface area contributed by atoms with Gasteiger partial charge in [-0.3, -0.25) is 9.59 Å². The molecule has 1 saturated heterocycles. The molecule has 0 bridgehead atoms. The maximum Gasteiger partial charge on any atom is 0.232 e. The van der Waals surface area contributed by atoms with Gasteiger partial charge in [0.1, 0.15) is 5.75 Å². The predicted octanol–water partition coefficient (Wildman–Crippen LogP) is 3.88. The highest BCUT2D eigenvalue weighted by Gasteiger charge is 2.37. The molecule has 2 aromatic rings. The fourth-order valence-electron chi connectivity index (χ4n) is 3.39. The van der Waals surface area contributed by atoms with Crippen LogP contribution < -0.4 is 14.5 Å². The van der Waals surface area contributed by atoms with Crippen LogP contribution in [0.5, 0.6) is 5.75 Å². The Balaban J connectivity index is 1.72. The third-order valence-electron chi connectivity index (χ3n) is 4.64. The number of carbonyl (C=O) groups excluding carboxylic acids is 2. The Hall–Kier alpha value is -2.82. The quantitative estimate of drug-likeness (QED) is 0.780. The monoisotopic (exact) mass is 366 g/mol. The summed E-state index contributed by atoms with van der Waals surface area (Å²) in [7, 11) is 0. The molecule has 5 heteroatoms. The number of benzene rings is 2. The van der Waals surface area contributed by atoms with Crippen LogP contribution in [-0.4, -0.2) is 31.0 Å². The minimum atomic E-state index is -0.329. The van der Waals surface area contributed by atoms with E-state index in [0.29, 0.717) is 13.1 Å². The van der Waals surface area contributed by atoms with E-state index in [9.17, 15) is 9.59 Å². The van der Waals surface area contributed by atoms with Crippen LogP contribution in [-0.2, 0) is 9.59 Å². The Morgan fingerprint density at radius 1 is 1.15 bits per heavy atom. The molecule has 0 saturated carbocycles. The average Bonchev–Trinajstić information content (AvgIpc) is 3.05. The molecule has 2 amide bonds. The minimum absolute atomic E-state index is 0.000638. The smallest absolute Gasteiger partial charge is 0.232 e. The van der Waals surface area contributed by atoms with Gasteiger partial charge in [-0.25, -0.2) is 0 Å². The molecular weight excluding hydrogens is 340 g/mol. The van der Waals surface area contributed by atoms with Gasteiger partial charge in [-0.05, 0) is 57.2 Å². The number of nitrogens with zero attached hydrogens (tertiary/aromatic N) is 2. The van der Waals surface area contributed by atoms with Crippen LogP contribution in [0.3, 0.4) is 0 Å². The highest BCUT2D eigenvalue weighted by atomic mass is 16.5. The van der Waals surface area contributed by atoms with Crippen LogP contribution >= 0.6 is 0 Å². The molecule has 142 valence electrons. The van der Waals surface area contributed by atoms with Crippen LogP contribution in [0.15, 0.2) is 54.6 Å². The van der Waals surface area contributed by atoms with Gasteiger partial charge in [-0.1, -0.05) is 18.2 Å².